The number of aliphatic hydroxyl groups is 1. The number of fused-ring (bicyclic) bond motifs is 1. The molecule has 25 heavy (non-hydrogen) atoms. The van der Waals surface area contributed by atoms with E-state index in [4.69, 9.17) is 0 Å². The molecule has 0 spiro atoms. The molecular formula is C22H22O3. The Morgan fingerprint density at radius 2 is 1.52 bits per heavy atom. The summed E-state index contributed by atoms with van der Waals surface area (Å²) in [5.41, 5.74) is 1.73. The average Bonchev–Trinajstić information content (AvgIpc) is 2.84. The lowest BCUT2D eigenvalue weighted by Gasteiger charge is -2.23. The van der Waals surface area contributed by atoms with Crippen LogP contribution in [0.1, 0.15) is 54.6 Å². The van der Waals surface area contributed by atoms with E-state index in [0.717, 1.165) is 5.56 Å². The molecular weight excluding hydrogens is 312 g/mol. The highest BCUT2D eigenvalue weighted by molar-refractivity contribution is 6.20. The van der Waals surface area contributed by atoms with Crippen LogP contribution in [0.5, 0.6) is 0 Å². The van der Waals surface area contributed by atoms with Gasteiger partial charge >= 0.3 is 0 Å². The van der Waals surface area contributed by atoms with Crippen molar-refractivity contribution in [2.24, 2.45) is 5.41 Å². The number of allylic oxidation sites excluding steroid dienone is 1. The minimum Gasteiger partial charge on any atom is -0.507 e. The number of Topliss-reactive ketones (excluding diaryl/α,β-unsaturated/α-hetero) is 2. The minimum atomic E-state index is -0.502. The van der Waals surface area contributed by atoms with E-state index in [1.807, 2.05) is 51.1 Å². The van der Waals surface area contributed by atoms with Crippen molar-refractivity contribution < 1.29 is 14.7 Å². The molecule has 3 rings (SSSR count). The molecule has 0 fully saturated rings. The Labute approximate surface area is 148 Å². The van der Waals surface area contributed by atoms with E-state index >= 15 is 0 Å². The van der Waals surface area contributed by atoms with Crippen molar-refractivity contribution in [3.8, 4) is 0 Å². The molecule has 1 atom stereocenters. The SMILES string of the molecule is CC(C)(C)C(=O)C[C@@H](C1=C(O)c2ccccc2C1=O)c1ccccc1. The number of carbonyl (C=O) groups is 2. The minimum absolute atomic E-state index is 0.00355. The summed E-state index contributed by atoms with van der Waals surface area (Å²) in [5.74, 6) is -0.585. The van der Waals surface area contributed by atoms with Gasteiger partial charge in [0.05, 0.1) is 5.57 Å². The summed E-state index contributed by atoms with van der Waals surface area (Å²) in [7, 11) is 0. The highest BCUT2D eigenvalue weighted by atomic mass is 16.3. The summed E-state index contributed by atoms with van der Waals surface area (Å²) < 4.78 is 0. The van der Waals surface area contributed by atoms with Crippen LogP contribution in [-0.2, 0) is 4.79 Å². The second-order valence-electron chi connectivity index (χ2n) is 7.48. The van der Waals surface area contributed by atoms with Crippen LogP contribution >= 0.6 is 0 Å². The van der Waals surface area contributed by atoms with Crippen LogP contribution in [0.15, 0.2) is 60.2 Å². The van der Waals surface area contributed by atoms with Gasteiger partial charge < -0.3 is 5.11 Å². The molecule has 1 N–H and O–H groups in total. The van der Waals surface area contributed by atoms with Crippen LogP contribution in [0.3, 0.4) is 0 Å². The number of carbonyl (C=O) groups excluding carboxylic acids is 2. The number of aliphatic hydroxyl groups excluding tert-OH is 1. The summed E-state index contributed by atoms with van der Waals surface area (Å²) in [6, 6.07) is 16.5. The van der Waals surface area contributed by atoms with Gasteiger partial charge in [0.1, 0.15) is 11.5 Å². The van der Waals surface area contributed by atoms with Gasteiger partial charge in [-0.1, -0.05) is 75.4 Å². The van der Waals surface area contributed by atoms with Crippen molar-refractivity contribution >= 4 is 17.3 Å². The molecule has 0 radical (unpaired) electrons. The van der Waals surface area contributed by atoms with Crippen molar-refractivity contribution in [2.45, 2.75) is 33.1 Å². The van der Waals surface area contributed by atoms with Gasteiger partial charge in [0, 0.05) is 28.9 Å². The Balaban J connectivity index is 2.09. The zero-order chi connectivity index (χ0) is 18.2. The Morgan fingerprint density at radius 3 is 2.08 bits per heavy atom. The van der Waals surface area contributed by atoms with E-state index in [0.29, 0.717) is 16.7 Å². The molecule has 0 aliphatic heterocycles. The summed E-state index contributed by atoms with van der Waals surface area (Å²) in [5, 5.41) is 10.7. The highest BCUT2D eigenvalue weighted by Crippen LogP contribution is 2.41. The third-order valence-corrected chi connectivity index (χ3v) is 4.70. The topological polar surface area (TPSA) is 54.4 Å². The molecule has 1 aliphatic carbocycles. The van der Waals surface area contributed by atoms with Crippen LogP contribution in [0, 0.1) is 5.41 Å². The zero-order valence-electron chi connectivity index (χ0n) is 14.7. The van der Waals surface area contributed by atoms with Crippen molar-refractivity contribution in [2.75, 3.05) is 0 Å². The molecule has 3 nitrogen and oxygen atoms in total. The fraction of sp³-hybridized carbons (Fsp3) is 0.273. The van der Waals surface area contributed by atoms with Crippen LogP contribution in [0.4, 0.5) is 0 Å². The third-order valence-electron chi connectivity index (χ3n) is 4.70. The fourth-order valence-electron chi connectivity index (χ4n) is 3.17. The third kappa shape index (κ3) is 3.14. The number of ketones is 2. The summed E-state index contributed by atoms with van der Waals surface area (Å²) in [6.07, 6.45) is 0.187. The van der Waals surface area contributed by atoms with Crippen molar-refractivity contribution in [1.82, 2.24) is 0 Å². The van der Waals surface area contributed by atoms with E-state index in [-0.39, 0.29) is 23.7 Å². The van der Waals surface area contributed by atoms with E-state index in [9.17, 15) is 14.7 Å². The monoisotopic (exact) mass is 334 g/mol. The number of hydrogen-bond acceptors (Lipinski definition) is 3. The van der Waals surface area contributed by atoms with Crippen LogP contribution < -0.4 is 0 Å². The summed E-state index contributed by atoms with van der Waals surface area (Å²) in [6.45, 7) is 5.62. The predicted molar refractivity (Wildman–Crippen MR) is 98.6 cm³/mol. The van der Waals surface area contributed by atoms with Gasteiger partial charge in [-0.2, -0.15) is 0 Å². The van der Waals surface area contributed by atoms with Crippen molar-refractivity contribution in [1.29, 1.82) is 0 Å². The smallest absolute Gasteiger partial charge is 0.194 e. The Kier molecular flexibility index (Phi) is 4.34. The zero-order valence-corrected chi connectivity index (χ0v) is 14.7. The maximum absolute atomic E-state index is 12.9. The molecule has 0 heterocycles. The van der Waals surface area contributed by atoms with Crippen LogP contribution in [0.2, 0.25) is 0 Å². The Hall–Kier alpha value is -2.68. The van der Waals surface area contributed by atoms with Gasteiger partial charge in [-0.25, -0.2) is 0 Å². The average molecular weight is 334 g/mol. The Bertz CT molecular complexity index is 854. The predicted octanol–water partition coefficient (Wildman–Crippen LogP) is 4.94. The maximum atomic E-state index is 12.9. The molecule has 2 aromatic carbocycles. The first kappa shape index (κ1) is 17.2. The summed E-state index contributed by atoms with van der Waals surface area (Å²) >= 11 is 0. The molecule has 0 saturated heterocycles. The van der Waals surface area contributed by atoms with Crippen molar-refractivity contribution in [3.63, 3.8) is 0 Å². The molecule has 128 valence electrons. The highest BCUT2D eigenvalue weighted by Gasteiger charge is 2.37. The summed E-state index contributed by atoms with van der Waals surface area (Å²) in [4.78, 5) is 25.6. The second kappa shape index (κ2) is 6.32. The largest absolute Gasteiger partial charge is 0.507 e. The standard InChI is InChI=1S/C22H22O3/c1-22(2,3)18(23)13-17(14-9-5-4-6-10-14)19-20(24)15-11-7-8-12-16(15)21(19)25/h4-12,17,24H,13H2,1-3H3/t17-/m1/s1. The molecule has 1 aliphatic rings. The lowest BCUT2D eigenvalue weighted by atomic mass is 9.79. The maximum Gasteiger partial charge on any atom is 0.194 e. The first-order valence-corrected chi connectivity index (χ1v) is 8.46. The van der Waals surface area contributed by atoms with Gasteiger partial charge in [0.25, 0.3) is 0 Å². The molecule has 2 aromatic rings. The van der Waals surface area contributed by atoms with Crippen molar-refractivity contribution in [3.05, 3.63) is 76.9 Å². The number of rotatable bonds is 4. The Morgan fingerprint density at radius 1 is 0.960 bits per heavy atom. The molecule has 0 saturated carbocycles. The molecule has 0 aromatic heterocycles. The van der Waals surface area contributed by atoms with Gasteiger partial charge in [-0.3, -0.25) is 9.59 Å². The van der Waals surface area contributed by atoms with Crippen LogP contribution in [-0.4, -0.2) is 16.7 Å². The van der Waals surface area contributed by atoms with Gasteiger partial charge in [0.2, 0.25) is 0 Å². The molecule has 3 heteroatoms. The number of hydrogen-bond donors (Lipinski definition) is 1. The number of benzene rings is 2. The van der Waals surface area contributed by atoms with E-state index in [1.54, 1.807) is 24.3 Å². The lowest BCUT2D eigenvalue weighted by Crippen LogP contribution is -2.24. The van der Waals surface area contributed by atoms with Gasteiger partial charge in [-0.15, -0.1) is 0 Å². The first-order chi connectivity index (χ1) is 11.8. The fourth-order valence-corrected chi connectivity index (χ4v) is 3.17. The second-order valence-corrected chi connectivity index (χ2v) is 7.48. The molecule has 0 amide bonds. The van der Waals surface area contributed by atoms with E-state index in [1.165, 1.54) is 0 Å². The van der Waals surface area contributed by atoms with Gasteiger partial charge in [-0.05, 0) is 5.56 Å². The van der Waals surface area contributed by atoms with Crippen LogP contribution in [0.25, 0.3) is 5.76 Å². The lowest BCUT2D eigenvalue weighted by molar-refractivity contribution is -0.126. The molecule has 0 unspecified atom stereocenters. The quantitative estimate of drug-likeness (QED) is 0.861. The first-order valence-electron chi connectivity index (χ1n) is 8.46. The van der Waals surface area contributed by atoms with E-state index in [2.05, 4.69) is 0 Å². The van der Waals surface area contributed by atoms with Gasteiger partial charge in [0.15, 0.2) is 5.78 Å². The molecule has 0 bridgehead atoms. The van der Waals surface area contributed by atoms with E-state index < -0.39 is 11.3 Å². The normalized spacial score (nSPS) is 15.2.